The number of aromatic nitrogens is 2. The predicted octanol–water partition coefficient (Wildman–Crippen LogP) is 1.57. The van der Waals surface area contributed by atoms with E-state index < -0.39 is 0 Å². The van der Waals surface area contributed by atoms with Gasteiger partial charge < -0.3 is 5.32 Å². The fourth-order valence-corrected chi connectivity index (χ4v) is 2.28. The number of aryl methyl sites for hydroxylation is 1. The van der Waals surface area contributed by atoms with Crippen molar-refractivity contribution in [2.24, 2.45) is 0 Å². The molecule has 0 amide bonds. The van der Waals surface area contributed by atoms with Crippen LogP contribution in [-0.2, 0) is 6.54 Å². The Morgan fingerprint density at radius 1 is 1.53 bits per heavy atom. The van der Waals surface area contributed by atoms with Gasteiger partial charge in [-0.2, -0.15) is 5.10 Å². The normalized spacial score (nSPS) is 22.3. The van der Waals surface area contributed by atoms with E-state index in [0.717, 1.165) is 26.2 Å². The predicted molar refractivity (Wildman–Crippen MR) is 70.1 cm³/mol. The fraction of sp³-hybridized carbons (Fsp3) is 0.769. The maximum atomic E-state index is 4.58. The summed E-state index contributed by atoms with van der Waals surface area (Å²) in [5, 5.41) is 8.00. The van der Waals surface area contributed by atoms with E-state index >= 15 is 0 Å². The van der Waals surface area contributed by atoms with E-state index in [0.29, 0.717) is 12.1 Å². The fourth-order valence-electron chi connectivity index (χ4n) is 2.28. The smallest absolute Gasteiger partial charge is 0.0638 e. The highest BCUT2D eigenvalue weighted by atomic mass is 15.3. The number of nitrogens with zero attached hydrogens (tertiary/aromatic N) is 3. The monoisotopic (exact) mass is 236 g/mol. The third-order valence-corrected chi connectivity index (χ3v) is 3.56. The van der Waals surface area contributed by atoms with Crippen molar-refractivity contribution in [3.63, 3.8) is 0 Å². The second kappa shape index (κ2) is 5.19. The molecule has 0 spiro atoms. The molecule has 2 heterocycles. The molecule has 1 aromatic rings. The van der Waals surface area contributed by atoms with Gasteiger partial charge in [-0.25, -0.2) is 0 Å². The highest BCUT2D eigenvalue weighted by molar-refractivity contribution is 5.16. The second-order valence-corrected chi connectivity index (χ2v) is 5.34. The van der Waals surface area contributed by atoms with Crippen LogP contribution in [0.2, 0.25) is 0 Å². The van der Waals surface area contributed by atoms with E-state index in [1.165, 1.54) is 11.3 Å². The maximum Gasteiger partial charge on any atom is 0.0638 e. The summed E-state index contributed by atoms with van der Waals surface area (Å²) in [6.45, 7) is 13.1. The molecule has 1 saturated heterocycles. The van der Waals surface area contributed by atoms with E-state index in [1.807, 2.05) is 0 Å². The Labute approximate surface area is 104 Å². The molecule has 1 aliphatic heterocycles. The molecule has 1 aliphatic rings. The van der Waals surface area contributed by atoms with Gasteiger partial charge in [0.2, 0.25) is 0 Å². The molecule has 1 fully saturated rings. The molecule has 0 aromatic carbocycles. The lowest BCUT2D eigenvalue weighted by Crippen LogP contribution is -2.49. The van der Waals surface area contributed by atoms with Gasteiger partial charge in [0.05, 0.1) is 5.69 Å². The first-order chi connectivity index (χ1) is 8.08. The molecule has 4 heteroatoms. The largest absolute Gasteiger partial charge is 0.314 e. The first kappa shape index (κ1) is 12.6. The Bertz CT molecular complexity index is 369. The highest BCUT2D eigenvalue weighted by Crippen LogP contribution is 2.15. The number of rotatable bonds is 3. The molecule has 1 atom stereocenters. The van der Waals surface area contributed by atoms with Crippen molar-refractivity contribution < 1.29 is 0 Å². The Balaban J connectivity index is 2.07. The average Bonchev–Trinajstić information content (AvgIpc) is 2.64. The zero-order valence-corrected chi connectivity index (χ0v) is 11.4. The van der Waals surface area contributed by atoms with Crippen molar-refractivity contribution >= 4 is 0 Å². The SMILES string of the molecule is Cc1nn(C(C)C)cc1CN1CCNCC1C. The molecule has 0 aliphatic carbocycles. The van der Waals surface area contributed by atoms with Crippen LogP contribution in [0.1, 0.15) is 38.1 Å². The van der Waals surface area contributed by atoms with Crippen molar-refractivity contribution in [2.45, 2.75) is 46.3 Å². The van der Waals surface area contributed by atoms with Crippen LogP contribution >= 0.6 is 0 Å². The summed E-state index contributed by atoms with van der Waals surface area (Å²) in [6, 6.07) is 1.06. The number of hydrogen-bond acceptors (Lipinski definition) is 3. The standard InChI is InChI=1S/C13H24N4/c1-10(2)17-9-13(12(4)15-17)8-16-6-5-14-7-11(16)3/h9-11,14H,5-8H2,1-4H3. The summed E-state index contributed by atoms with van der Waals surface area (Å²) >= 11 is 0. The summed E-state index contributed by atoms with van der Waals surface area (Å²) in [6.07, 6.45) is 2.20. The molecule has 0 bridgehead atoms. The van der Waals surface area contributed by atoms with Crippen LogP contribution in [0.25, 0.3) is 0 Å². The van der Waals surface area contributed by atoms with Crippen molar-refractivity contribution in [1.82, 2.24) is 20.0 Å². The van der Waals surface area contributed by atoms with Crippen LogP contribution in [0, 0.1) is 6.92 Å². The van der Waals surface area contributed by atoms with Crippen LogP contribution in [-0.4, -0.2) is 40.4 Å². The third-order valence-electron chi connectivity index (χ3n) is 3.56. The lowest BCUT2D eigenvalue weighted by molar-refractivity contribution is 0.165. The number of nitrogens with one attached hydrogen (secondary N) is 1. The minimum absolute atomic E-state index is 0.447. The molecular formula is C13H24N4. The van der Waals surface area contributed by atoms with Gasteiger partial charge in [-0.3, -0.25) is 9.58 Å². The van der Waals surface area contributed by atoms with E-state index in [1.54, 1.807) is 0 Å². The number of piperazine rings is 1. The van der Waals surface area contributed by atoms with Crippen molar-refractivity contribution in [2.75, 3.05) is 19.6 Å². The molecule has 2 rings (SSSR count). The second-order valence-electron chi connectivity index (χ2n) is 5.34. The first-order valence-electron chi connectivity index (χ1n) is 6.57. The minimum atomic E-state index is 0.447. The van der Waals surface area contributed by atoms with E-state index in [2.05, 4.69) is 53.9 Å². The van der Waals surface area contributed by atoms with Gasteiger partial charge in [0.15, 0.2) is 0 Å². The Morgan fingerprint density at radius 3 is 2.88 bits per heavy atom. The average molecular weight is 236 g/mol. The van der Waals surface area contributed by atoms with Crippen LogP contribution in [0.3, 0.4) is 0 Å². The van der Waals surface area contributed by atoms with Gasteiger partial charge in [0.1, 0.15) is 0 Å². The molecule has 1 N–H and O–H groups in total. The summed E-state index contributed by atoms with van der Waals surface area (Å²) in [4.78, 5) is 2.53. The molecule has 1 unspecified atom stereocenters. The van der Waals surface area contributed by atoms with Gasteiger partial charge in [-0.1, -0.05) is 0 Å². The van der Waals surface area contributed by atoms with Crippen molar-refractivity contribution in [3.8, 4) is 0 Å². The molecule has 96 valence electrons. The lowest BCUT2D eigenvalue weighted by atomic mass is 10.1. The highest BCUT2D eigenvalue weighted by Gasteiger charge is 2.19. The molecule has 0 radical (unpaired) electrons. The van der Waals surface area contributed by atoms with Crippen LogP contribution in [0.4, 0.5) is 0 Å². The van der Waals surface area contributed by atoms with E-state index in [4.69, 9.17) is 0 Å². The van der Waals surface area contributed by atoms with E-state index in [-0.39, 0.29) is 0 Å². The van der Waals surface area contributed by atoms with Gasteiger partial charge in [-0.15, -0.1) is 0 Å². The zero-order chi connectivity index (χ0) is 12.4. The summed E-state index contributed by atoms with van der Waals surface area (Å²) < 4.78 is 2.07. The summed E-state index contributed by atoms with van der Waals surface area (Å²) in [7, 11) is 0. The maximum absolute atomic E-state index is 4.58. The van der Waals surface area contributed by atoms with Crippen LogP contribution in [0.15, 0.2) is 6.20 Å². The number of hydrogen-bond donors (Lipinski definition) is 1. The Morgan fingerprint density at radius 2 is 2.29 bits per heavy atom. The van der Waals surface area contributed by atoms with Gasteiger partial charge in [0.25, 0.3) is 0 Å². The van der Waals surface area contributed by atoms with E-state index in [9.17, 15) is 0 Å². The molecule has 4 nitrogen and oxygen atoms in total. The first-order valence-corrected chi connectivity index (χ1v) is 6.57. The molecule has 17 heavy (non-hydrogen) atoms. The summed E-state index contributed by atoms with van der Waals surface area (Å²) in [5.74, 6) is 0. The zero-order valence-electron chi connectivity index (χ0n) is 11.4. The van der Waals surface area contributed by atoms with Crippen LogP contribution < -0.4 is 5.32 Å². The lowest BCUT2D eigenvalue weighted by Gasteiger charge is -2.33. The van der Waals surface area contributed by atoms with Crippen LogP contribution in [0.5, 0.6) is 0 Å². The minimum Gasteiger partial charge on any atom is -0.314 e. The van der Waals surface area contributed by atoms with Gasteiger partial charge in [-0.05, 0) is 27.7 Å². The van der Waals surface area contributed by atoms with Crippen molar-refractivity contribution in [3.05, 3.63) is 17.5 Å². The topological polar surface area (TPSA) is 33.1 Å². The Hall–Kier alpha value is -0.870. The quantitative estimate of drug-likeness (QED) is 0.864. The molecular weight excluding hydrogens is 212 g/mol. The summed E-state index contributed by atoms with van der Waals surface area (Å²) in [5.41, 5.74) is 2.54. The molecule has 0 saturated carbocycles. The third kappa shape index (κ3) is 2.87. The van der Waals surface area contributed by atoms with Gasteiger partial charge >= 0.3 is 0 Å². The van der Waals surface area contributed by atoms with Gasteiger partial charge in [0, 0.05) is 50.0 Å². The van der Waals surface area contributed by atoms with Crippen molar-refractivity contribution in [1.29, 1.82) is 0 Å². The molecule has 1 aromatic heterocycles. The Kier molecular flexibility index (Phi) is 3.84.